The van der Waals surface area contributed by atoms with Crippen molar-refractivity contribution in [2.75, 3.05) is 39.0 Å². The summed E-state index contributed by atoms with van der Waals surface area (Å²) in [6, 6.07) is 14.1. The first-order valence-electron chi connectivity index (χ1n) is 11.9. The molecular weight excluding hydrogens is 549 g/mol. The summed E-state index contributed by atoms with van der Waals surface area (Å²) in [6.07, 6.45) is -0.226. The van der Waals surface area contributed by atoms with Gasteiger partial charge in [-0.25, -0.2) is 9.59 Å². The van der Waals surface area contributed by atoms with Crippen molar-refractivity contribution in [2.45, 2.75) is 17.2 Å². The Morgan fingerprint density at radius 2 is 1.47 bits per heavy atom. The van der Waals surface area contributed by atoms with Crippen LogP contribution in [0.25, 0.3) is 0 Å². The number of dihydropyridines is 1. The van der Waals surface area contributed by atoms with Crippen LogP contribution >= 0.6 is 35.0 Å². The van der Waals surface area contributed by atoms with E-state index in [0.717, 1.165) is 4.90 Å². The number of nitrogens with zero attached hydrogens (tertiary/aromatic N) is 2. The number of carboxylic acid groups (broad SMARTS) is 2. The van der Waals surface area contributed by atoms with E-state index in [1.54, 1.807) is 11.0 Å². The molecule has 1 unspecified atom stereocenters. The Morgan fingerprint density at radius 1 is 0.895 bits per heavy atom. The first-order chi connectivity index (χ1) is 18.2. The largest absolute Gasteiger partial charge is 0.478 e. The van der Waals surface area contributed by atoms with E-state index in [4.69, 9.17) is 23.2 Å². The number of nitrogens with one attached hydrogen (secondary N) is 1. The number of likely N-dealkylation sites (N-methyl/N-ethyl adjacent to an activating group) is 1. The zero-order valence-corrected chi connectivity index (χ0v) is 22.9. The van der Waals surface area contributed by atoms with Crippen molar-refractivity contribution < 1.29 is 24.6 Å². The predicted octanol–water partition coefficient (Wildman–Crippen LogP) is 4.31. The van der Waals surface area contributed by atoms with Gasteiger partial charge in [0.15, 0.2) is 0 Å². The summed E-state index contributed by atoms with van der Waals surface area (Å²) in [6.45, 7) is 2.48. The lowest BCUT2D eigenvalue weighted by Gasteiger charge is -2.35. The number of rotatable bonds is 8. The van der Waals surface area contributed by atoms with Gasteiger partial charge in [-0.2, -0.15) is 0 Å². The van der Waals surface area contributed by atoms with Crippen LogP contribution in [0, 0.1) is 0 Å². The molecule has 0 aromatic heterocycles. The van der Waals surface area contributed by atoms with Crippen LogP contribution in [0.5, 0.6) is 0 Å². The molecule has 200 valence electrons. The van der Waals surface area contributed by atoms with Crippen LogP contribution in [0.1, 0.15) is 17.9 Å². The summed E-state index contributed by atoms with van der Waals surface area (Å²) in [4.78, 5) is 43.3. The van der Waals surface area contributed by atoms with E-state index in [9.17, 15) is 24.6 Å². The number of aliphatic carboxylic acids is 2. The van der Waals surface area contributed by atoms with Crippen LogP contribution in [0.4, 0.5) is 0 Å². The van der Waals surface area contributed by atoms with Gasteiger partial charge in [-0.1, -0.05) is 47.5 Å². The SMILES string of the molecule is CN1CCN(C(=O)CC2=C(C(=O)O)C(c3c(Cl)cccc3Cl)C(C(=O)O)=C(CSc3ccccc3)N2)CC1. The molecule has 2 aromatic carbocycles. The van der Waals surface area contributed by atoms with E-state index in [2.05, 4.69) is 10.2 Å². The Kier molecular flexibility index (Phi) is 9.04. The van der Waals surface area contributed by atoms with Gasteiger partial charge in [0.25, 0.3) is 0 Å². The lowest BCUT2D eigenvalue weighted by molar-refractivity contribution is -0.133. The molecule has 0 bridgehead atoms. The van der Waals surface area contributed by atoms with E-state index in [1.807, 2.05) is 37.4 Å². The number of thioether (sulfide) groups is 1. The van der Waals surface area contributed by atoms with Crippen LogP contribution < -0.4 is 5.32 Å². The highest BCUT2D eigenvalue weighted by Crippen LogP contribution is 2.45. The summed E-state index contributed by atoms with van der Waals surface area (Å²) < 4.78 is 0. The van der Waals surface area contributed by atoms with E-state index in [0.29, 0.717) is 31.9 Å². The number of hydrogen-bond acceptors (Lipinski definition) is 6. The van der Waals surface area contributed by atoms with E-state index in [-0.39, 0.29) is 50.5 Å². The van der Waals surface area contributed by atoms with Crippen LogP contribution in [-0.2, 0) is 14.4 Å². The molecule has 0 spiro atoms. The first kappa shape index (κ1) is 28.0. The van der Waals surface area contributed by atoms with Gasteiger partial charge in [-0.3, -0.25) is 4.79 Å². The third-order valence-electron chi connectivity index (χ3n) is 6.59. The normalized spacial score (nSPS) is 18.4. The smallest absolute Gasteiger partial charge is 0.334 e. The fourth-order valence-electron chi connectivity index (χ4n) is 4.63. The van der Waals surface area contributed by atoms with Gasteiger partial charge < -0.3 is 25.3 Å². The zero-order chi connectivity index (χ0) is 27.4. The average Bonchev–Trinajstić information content (AvgIpc) is 2.87. The molecule has 1 atom stereocenters. The Morgan fingerprint density at radius 3 is 2.05 bits per heavy atom. The van der Waals surface area contributed by atoms with Gasteiger partial charge in [0, 0.05) is 63.8 Å². The number of hydrogen-bond donors (Lipinski definition) is 3. The van der Waals surface area contributed by atoms with Gasteiger partial charge in [-0.05, 0) is 31.3 Å². The fraction of sp³-hybridized carbons (Fsp3) is 0.296. The van der Waals surface area contributed by atoms with Gasteiger partial charge in [0.1, 0.15) is 0 Å². The van der Waals surface area contributed by atoms with Gasteiger partial charge in [-0.15, -0.1) is 11.8 Å². The van der Waals surface area contributed by atoms with Crippen LogP contribution in [0.15, 0.2) is 76.0 Å². The molecule has 2 aliphatic heterocycles. The number of carbonyl (C=O) groups is 3. The molecule has 1 fully saturated rings. The first-order valence-corrected chi connectivity index (χ1v) is 13.7. The van der Waals surface area contributed by atoms with E-state index >= 15 is 0 Å². The van der Waals surface area contributed by atoms with Crippen molar-refractivity contribution in [3.05, 3.63) is 86.7 Å². The summed E-state index contributed by atoms with van der Waals surface area (Å²) in [5.74, 6) is -3.98. The second kappa shape index (κ2) is 12.3. The second-order valence-corrected chi connectivity index (χ2v) is 10.9. The minimum absolute atomic E-state index is 0.135. The number of benzene rings is 2. The van der Waals surface area contributed by atoms with E-state index < -0.39 is 17.9 Å². The molecule has 3 N–H and O–H groups in total. The van der Waals surface area contributed by atoms with Crippen LogP contribution in [0.3, 0.4) is 0 Å². The highest BCUT2D eigenvalue weighted by atomic mass is 35.5. The maximum Gasteiger partial charge on any atom is 0.334 e. The minimum atomic E-state index is -1.35. The molecule has 8 nitrogen and oxygen atoms in total. The number of halogens is 2. The van der Waals surface area contributed by atoms with Gasteiger partial charge in [0.2, 0.25) is 5.91 Å². The number of carbonyl (C=O) groups excluding carboxylic acids is 1. The maximum atomic E-state index is 13.3. The number of amides is 1. The summed E-state index contributed by atoms with van der Waals surface area (Å²) in [5.41, 5.74) is 0.179. The van der Waals surface area contributed by atoms with Crippen LogP contribution in [-0.4, -0.2) is 76.8 Å². The molecule has 11 heteroatoms. The molecule has 1 amide bonds. The summed E-state index contributed by atoms with van der Waals surface area (Å²) >= 11 is 14.4. The monoisotopic (exact) mass is 575 g/mol. The Bertz CT molecular complexity index is 1290. The average molecular weight is 577 g/mol. The van der Waals surface area contributed by atoms with Crippen LogP contribution in [0.2, 0.25) is 10.0 Å². The predicted molar refractivity (Wildman–Crippen MR) is 148 cm³/mol. The molecular formula is C27H27Cl2N3O5S. The second-order valence-electron chi connectivity index (χ2n) is 9.05. The molecule has 2 aliphatic rings. The molecule has 1 saturated heterocycles. The van der Waals surface area contributed by atoms with E-state index in [1.165, 1.54) is 23.9 Å². The Labute approximate surface area is 234 Å². The van der Waals surface area contributed by atoms with Crippen molar-refractivity contribution in [1.29, 1.82) is 0 Å². The molecule has 0 radical (unpaired) electrons. The molecule has 0 aliphatic carbocycles. The quantitative estimate of drug-likeness (QED) is 0.399. The fourth-order valence-corrected chi connectivity index (χ4v) is 6.14. The lowest BCUT2D eigenvalue weighted by atomic mass is 9.79. The molecule has 2 aromatic rings. The lowest BCUT2D eigenvalue weighted by Crippen LogP contribution is -2.47. The topological polar surface area (TPSA) is 110 Å². The van der Waals surface area contributed by atoms with Crippen molar-refractivity contribution in [2.24, 2.45) is 0 Å². The van der Waals surface area contributed by atoms with Crippen molar-refractivity contribution >= 4 is 52.8 Å². The Balaban J connectivity index is 1.81. The molecule has 38 heavy (non-hydrogen) atoms. The summed E-state index contributed by atoms with van der Waals surface area (Å²) in [5, 5.41) is 24.0. The Hall–Kier alpha value is -2.98. The van der Waals surface area contributed by atoms with Crippen molar-refractivity contribution in [1.82, 2.24) is 15.1 Å². The number of piperazine rings is 1. The number of carboxylic acids is 2. The third-order valence-corrected chi connectivity index (χ3v) is 8.29. The minimum Gasteiger partial charge on any atom is -0.478 e. The summed E-state index contributed by atoms with van der Waals surface area (Å²) in [7, 11) is 1.97. The molecule has 2 heterocycles. The zero-order valence-electron chi connectivity index (χ0n) is 20.6. The third kappa shape index (κ3) is 6.18. The molecule has 0 saturated carbocycles. The van der Waals surface area contributed by atoms with Crippen molar-refractivity contribution in [3.8, 4) is 0 Å². The van der Waals surface area contributed by atoms with Gasteiger partial charge in [0.05, 0.1) is 23.5 Å². The maximum absolute atomic E-state index is 13.3. The van der Waals surface area contributed by atoms with Gasteiger partial charge >= 0.3 is 11.9 Å². The highest BCUT2D eigenvalue weighted by Gasteiger charge is 2.41. The highest BCUT2D eigenvalue weighted by molar-refractivity contribution is 7.99. The standard InChI is InChI=1S/C27H27Cl2N3O5S/c1-31-10-12-32(13-11-31)21(33)14-19-23(26(34)35)25(22-17(28)8-5-9-18(22)29)24(27(36)37)20(30-19)15-38-16-6-3-2-4-7-16/h2-9,25,30H,10-15H2,1H3,(H,34,35)(H,36,37). The molecule has 4 rings (SSSR count). The van der Waals surface area contributed by atoms with Crippen molar-refractivity contribution in [3.63, 3.8) is 0 Å².